The molecule has 0 radical (unpaired) electrons. The zero-order valence-corrected chi connectivity index (χ0v) is 7.39. The van der Waals surface area contributed by atoms with Crippen molar-refractivity contribution in [2.24, 2.45) is 4.99 Å². The summed E-state index contributed by atoms with van der Waals surface area (Å²) in [5.41, 5.74) is 1.19. The van der Waals surface area contributed by atoms with Crippen LogP contribution < -0.4 is 0 Å². The highest BCUT2D eigenvalue weighted by Gasteiger charge is 2.36. The first-order chi connectivity index (χ1) is 6.45. The summed E-state index contributed by atoms with van der Waals surface area (Å²) in [6.45, 7) is 1.78. The van der Waals surface area contributed by atoms with Crippen molar-refractivity contribution in [3.8, 4) is 0 Å². The van der Waals surface area contributed by atoms with Crippen LogP contribution in [0.2, 0.25) is 0 Å². The number of aliphatic imine (C=N–C) groups is 1. The second-order valence-corrected chi connectivity index (χ2v) is 3.59. The van der Waals surface area contributed by atoms with E-state index in [9.17, 15) is 0 Å². The van der Waals surface area contributed by atoms with Gasteiger partial charge < -0.3 is 4.74 Å². The molecular weight excluding hydrogens is 164 g/mol. The maximum Gasteiger partial charge on any atom is 0.109 e. The van der Waals surface area contributed by atoms with Crippen molar-refractivity contribution in [1.29, 1.82) is 0 Å². The van der Waals surface area contributed by atoms with Crippen LogP contribution in [0.1, 0.15) is 6.42 Å². The summed E-state index contributed by atoms with van der Waals surface area (Å²) in [5.74, 6) is 0. The maximum absolute atomic E-state index is 5.31. The van der Waals surface area contributed by atoms with Gasteiger partial charge in [0.15, 0.2) is 0 Å². The molecule has 3 aliphatic heterocycles. The largest absolute Gasteiger partial charge is 0.499 e. The first-order valence-corrected chi connectivity index (χ1v) is 4.72. The summed E-state index contributed by atoms with van der Waals surface area (Å²) in [4.78, 5) is 7.06. The van der Waals surface area contributed by atoms with Gasteiger partial charge in [-0.25, -0.2) is 0 Å². The smallest absolute Gasteiger partial charge is 0.109 e. The Labute approximate surface area is 77.4 Å². The molecule has 0 aromatic heterocycles. The van der Waals surface area contributed by atoms with Gasteiger partial charge in [0.25, 0.3) is 0 Å². The van der Waals surface area contributed by atoms with Gasteiger partial charge in [0.2, 0.25) is 0 Å². The number of hydrogen-bond donors (Lipinski definition) is 0. The number of ether oxygens (including phenoxy) is 1. The molecule has 13 heavy (non-hydrogen) atoms. The molecule has 3 heteroatoms. The first-order valence-electron chi connectivity index (χ1n) is 4.72. The Bertz CT molecular complexity index is 306. The Morgan fingerprint density at radius 3 is 3.46 bits per heavy atom. The highest BCUT2D eigenvalue weighted by atomic mass is 16.5. The lowest BCUT2D eigenvalue weighted by atomic mass is 10.1. The third-order valence-corrected chi connectivity index (χ3v) is 2.84. The summed E-state index contributed by atoms with van der Waals surface area (Å²) < 4.78 is 5.31. The van der Waals surface area contributed by atoms with Crippen LogP contribution in [0.4, 0.5) is 0 Å². The normalized spacial score (nSPS) is 36.5. The van der Waals surface area contributed by atoms with Crippen molar-refractivity contribution in [3.05, 3.63) is 24.5 Å². The van der Waals surface area contributed by atoms with Crippen molar-refractivity contribution in [2.45, 2.75) is 18.6 Å². The van der Waals surface area contributed by atoms with E-state index < -0.39 is 0 Å². The van der Waals surface area contributed by atoms with E-state index in [0.29, 0.717) is 12.2 Å². The summed E-state index contributed by atoms with van der Waals surface area (Å²) in [6.07, 6.45) is 9.60. The molecule has 68 valence electrons. The predicted octanol–water partition coefficient (Wildman–Crippen LogP) is 0.942. The molecular formula is C10H12N2O. The molecule has 0 bridgehead atoms. The highest BCUT2D eigenvalue weighted by Crippen LogP contribution is 2.25. The van der Waals surface area contributed by atoms with Gasteiger partial charge >= 0.3 is 0 Å². The van der Waals surface area contributed by atoms with Crippen LogP contribution in [0.25, 0.3) is 0 Å². The molecule has 2 atom stereocenters. The Balaban J connectivity index is 1.92. The molecule has 0 saturated carbocycles. The van der Waals surface area contributed by atoms with Crippen LogP contribution >= 0.6 is 0 Å². The van der Waals surface area contributed by atoms with E-state index in [2.05, 4.69) is 22.0 Å². The fraction of sp³-hybridized carbons (Fsp3) is 0.500. The summed E-state index contributed by atoms with van der Waals surface area (Å²) in [5, 5.41) is 0. The van der Waals surface area contributed by atoms with Crippen molar-refractivity contribution in [1.82, 2.24) is 4.90 Å². The first kappa shape index (κ1) is 7.33. The quantitative estimate of drug-likeness (QED) is 0.513. The van der Waals surface area contributed by atoms with E-state index in [1.54, 1.807) is 6.26 Å². The molecule has 3 heterocycles. The minimum absolute atomic E-state index is 0.372. The molecule has 0 amide bonds. The lowest BCUT2D eigenvalue weighted by Gasteiger charge is -2.30. The molecule has 0 fully saturated rings. The standard InChI is InChI=1S/C10H12N2O/c1-2-5-12-9-7-13-6-4-8(9)11-10(12)3-1/h1-2,4,6,9-10H,3,5,7H2. The minimum Gasteiger partial charge on any atom is -0.499 e. The SMILES string of the molecule is C1=CCN2C(C1)N=C1C=COCC12. The van der Waals surface area contributed by atoms with Crippen LogP contribution in [0.15, 0.2) is 29.5 Å². The van der Waals surface area contributed by atoms with Gasteiger partial charge in [-0.2, -0.15) is 0 Å². The van der Waals surface area contributed by atoms with E-state index in [1.807, 2.05) is 6.08 Å². The van der Waals surface area contributed by atoms with E-state index >= 15 is 0 Å². The van der Waals surface area contributed by atoms with Gasteiger partial charge in [0.1, 0.15) is 12.8 Å². The molecule has 0 saturated heterocycles. The molecule has 0 aliphatic carbocycles. The van der Waals surface area contributed by atoms with Gasteiger partial charge in [0, 0.05) is 13.0 Å². The monoisotopic (exact) mass is 176 g/mol. The molecule has 3 rings (SSSR count). The molecule has 3 aliphatic rings. The fourth-order valence-electron chi connectivity index (χ4n) is 2.16. The van der Waals surface area contributed by atoms with Gasteiger partial charge in [0.05, 0.1) is 18.0 Å². The van der Waals surface area contributed by atoms with Crippen LogP contribution in [0.5, 0.6) is 0 Å². The van der Waals surface area contributed by atoms with E-state index in [-0.39, 0.29) is 0 Å². The molecule has 0 N–H and O–H groups in total. The van der Waals surface area contributed by atoms with Crippen molar-refractivity contribution in [3.63, 3.8) is 0 Å². The Hall–Kier alpha value is -1.09. The van der Waals surface area contributed by atoms with Gasteiger partial charge in [-0.15, -0.1) is 0 Å². The van der Waals surface area contributed by atoms with Crippen LogP contribution in [0, 0.1) is 0 Å². The predicted molar refractivity (Wildman–Crippen MR) is 50.6 cm³/mol. The Morgan fingerprint density at radius 1 is 1.46 bits per heavy atom. The van der Waals surface area contributed by atoms with Crippen molar-refractivity contribution < 1.29 is 4.74 Å². The summed E-state index contributed by atoms with van der Waals surface area (Å²) >= 11 is 0. The van der Waals surface area contributed by atoms with E-state index in [1.165, 1.54) is 5.71 Å². The topological polar surface area (TPSA) is 24.8 Å². The minimum atomic E-state index is 0.372. The van der Waals surface area contributed by atoms with Crippen molar-refractivity contribution in [2.75, 3.05) is 13.2 Å². The van der Waals surface area contributed by atoms with Crippen LogP contribution in [-0.4, -0.2) is 36.0 Å². The lowest BCUT2D eigenvalue weighted by Crippen LogP contribution is -2.44. The van der Waals surface area contributed by atoms with Crippen molar-refractivity contribution >= 4 is 5.71 Å². The van der Waals surface area contributed by atoms with Crippen LogP contribution in [-0.2, 0) is 4.74 Å². The summed E-state index contributed by atoms with van der Waals surface area (Å²) in [6, 6.07) is 0.403. The van der Waals surface area contributed by atoms with Gasteiger partial charge in [-0.1, -0.05) is 12.2 Å². The van der Waals surface area contributed by atoms with E-state index in [0.717, 1.165) is 19.6 Å². The number of rotatable bonds is 0. The molecule has 0 aromatic rings. The van der Waals surface area contributed by atoms with E-state index in [4.69, 9.17) is 4.74 Å². The number of hydrogen-bond acceptors (Lipinski definition) is 3. The van der Waals surface area contributed by atoms with Gasteiger partial charge in [-0.05, 0) is 6.08 Å². The average Bonchev–Trinajstić information content (AvgIpc) is 2.56. The maximum atomic E-state index is 5.31. The second kappa shape index (κ2) is 2.70. The molecule has 0 aromatic carbocycles. The molecule has 0 spiro atoms. The van der Waals surface area contributed by atoms with Gasteiger partial charge in [-0.3, -0.25) is 9.89 Å². The average molecular weight is 176 g/mol. The lowest BCUT2D eigenvalue weighted by molar-refractivity contribution is 0.132. The number of fused-ring (bicyclic) bond motifs is 3. The highest BCUT2D eigenvalue weighted by molar-refractivity contribution is 6.01. The third-order valence-electron chi connectivity index (χ3n) is 2.84. The molecule has 3 nitrogen and oxygen atoms in total. The Kier molecular flexibility index (Phi) is 1.52. The number of nitrogens with zero attached hydrogens (tertiary/aromatic N) is 2. The zero-order chi connectivity index (χ0) is 8.67. The zero-order valence-electron chi connectivity index (χ0n) is 7.39. The Morgan fingerprint density at radius 2 is 2.46 bits per heavy atom. The fourth-order valence-corrected chi connectivity index (χ4v) is 2.16. The summed E-state index contributed by atoms with van der Waals surface area (Å²) in [7, 11) is 0. The second-order valence-electron chi connectivity index (χ2n) is 3.59. The molecule has 2 unspecified atom stereocenters. The third kappa shape index (κ3) is 1.04. The van der Waals surface area contributed by atoms with Crippen LogP contribution in [0.3, 0.4) is 0 Å².